The predicted molar refractivity (Wildman–Crippen MR) is 62.0 cm³/mol. The van der Waals surface area contributed by atoms with E-state index in [1.165, 1.54) is 0 Å². The maximum Gasteiger partial charge on any atom is 0.244 e. The molecule has 1 unspecified atom stereocenters. The number of nitrogens with zero attached hydrogens (tertiary/aromatic N) is 2. The number of benzene rings is 1. The summed E-state index contributed by atoms with van der Waals surface area (Å²) in [7, 11) is 0. The van der Waals surface area contributed by atoms with Gasteiger partial charge in [0.2, 0.25) is 5.91 Å². The highest BCUT2D eigenvalue weighted by molar-refractivity contribution is 5.86. The first-order chi connectivity index (χ1) is 8.22. The second-order valence-electron chi connectivity index (χ2n) is 4.20. The van der Waals surface area contributed by atoms with Crippen LogP contribution in [0.4, 0.5) is 0 Å². The minimum absolute atomic E-state index is 0.213. The number of aliphatic hydroxyl groups excluding tert-OH is 1. The number of hydrogen-bond acceptors (Lipinski definition) is 3. The normalized spacial score (nSPS) is 20.9. The molecular formula is C13H14N2O2. The van der Waals surface area contributed by atoms with E-state index >= 15 is 0 Å². The van der Waals surface area contributed by atoms with Crippen LogP contribution in [-0.4, -0.2) is 35.1 Å². The van der Waals surface area contributed by atoms with Crippen LogP contribution in [0.2, 0.25) is 0 Å². The minimum atomic E-state index is -0.763. The largest absolute Gasteiger partial charge is 0.391 e. The van der Waals surface area contributed by atoms with Crippen molar-refractivity contribution >= 4 is 5.91 Å². The van der Waals surface area contributed by atoms with Crippen LogP contribution in [0.1, 0.15) is 17.9 Å². The van der Waals surface area contributed by atoms with E-state index in [-0.39, 0.29) is 5.91 Å². The van der Waals surface area contributed by atoms with Crippen molar-refractivity contribution in [3.8, 4) is 6.07 Å². The molecule has 0 saturated carbocycles. The van der Waals surface area contributed by atoms with E-state index in [2.05, 4.69) is 0 Å². The van der Waals surface area contributed by atoms with E-state index in [4.69, 9.17) is 5.26 Å². The molecule has 0 spiro atoms. The predicted octanol–water partition coefficient (Wildman–Crippen LogP) is 0.887. The van der Waals surface area contributed by atoms with Crippen LogP contribution in [-0.2, 0) is 4.79 Å². The number of carbonyl (C=O) groups is 1. The Morgan fingerprint density at radius 2 is 2.18 bits per heavy atom. The molecule has 0 aliphatic carbocycles. The molecule has 88 valence electrons. The Labute approximate surface area is 100 Å². The Morgan fingerprint density at radius 3 is 2.71 bits per heavy atom. The zero-order chi connectivity index (χ0) is 12.3. The van der Waals surface area contributed by atoms with E-state index in [1.54, 1.807) is 17.0 Å². The van der Waals surface area contributed by atoms with Crippen LogP contribution in [0.5, 0.6) is 0 Å². The van der Waals surface area contributed by atoms with Crippen LogP contribution >= 0.6 is 0 Å². The number of rotatable bonds is 2. The molecule has 1 fully saturated rings. The molecule has 1 aliphatic rings. The zero-order valence-electron chi connectivity index (χ0n) is 9.41. The molecule has 4 heteroatoms. The lowest BCUT2D eigenvalue weighted by atomic mass is 9.99. The molecule has 2 atom stereocenters. The maximum absolute atomic E-state index is 12.1. The summed E-state index contributed by atoms with van der Waals surface area (Å²) in [6.07, 6.45) is 0.146. The van der Waals surface area contributed by atoms with Crippen molar-refractivity contribution in [3.63, 3.8) is 0 Å². The average Bonchev–Trinajstić information content (AvgIpc) is 2.78. The third-order valence-corrected chi connectivity index (χ3v) is 2.98. The molecule has 4 nitrogen and oxygen atoms in total. The van der Waals surface area contributed by atoms with Gasteiger partial charge >= 0.3 is 0 Å². The first-order valence-corrected chi connectivity index (χ1v) is 5.64. The molecule has 0 aromatic heterocycles. The lowest BCUT2D eigenvalue weighted by Crippen LogP contribution is -2.33. The van der Waals surface area contributed by atoms with Gasteiger partial charge in [0.15, 0.2) is 0 Å². The Balaban J connectivity index is 2.15. The Hall–Kier alpha value is -1.86. The summed E-state index contributed by atoms with van der Waals surface area (Å²) in [5.41, 5.74) is 0.710. The van der Waals surface area contributed by atoms with Gasteiger partial charge in [-0.3, -0.25) is 4.79 Å². The number of hydrogen-bond donors (Lipinski definition) is 1. The van der Waals surface area contributed by atoms with Gasteiger partial charge in [0.25, 0.3) is 0 Å². The van der Waals surface area contributed by atoms with Crippen molar-refractivity contribution in [3.05, 3.63) is 35.9 Å². The van der Waals surface area contributed by atoms with Gasteiger partial charge in [0.05, 0.1) is 12.2 Å². The van der Waals surface area contributed by atoms with E-state index < -0.39 is 12.0 Å². The van der Waals surface area contributed by atoms with E-state index in [0.717, 1.165) is 0 Å². The third kappa shape index (κ3) is 2.45. The average molecular weight is 230 g/mol. The number of nitriles is 1. The highest BCUT2D eigenvalue weighted by Gasteiger charge is 2.30. The molecular weight excluding hydrogens is 216 g/mol. The van der Waals surface area contributed by atoms with Gasteiger partial charge in [-0.1, -0.05) is 30.3 Å². The van der Waals surface area contributed by atoms with E-state index in [0.29, 0.717) is 25.1 Å². The Kier molecular flexibility index (Phi) is 3.40. The smallest absolute Gasteiger partial charge is 0.244 e. The molecule has 1 aromatic carbocycles. The van der Waals surface area contributed by atoms with Crippen molar-refractivity contribution in [2.45, 2.75) is 18.4 Å². The molecule has 1 heterocycles. The summed E-state index contributed by atoms with van der Waals surface area (Å²) < 4.78 is 0. The highest BCUT2D eigenvalue weighted by Crippen LogP contribution is 2.20. The number of amides is 1. The topological polar surface area (TPSA) is 64.3 Å². The fourth-order valence-electron chi connectivity index (χ4n) is 2.04. The van der Waals surface area contributed by atoms with Crippen LogP contribution in [0.3, 0.4) is 0 Å². The fourth-order valence-corrected chi connectivity index (χ4v) is 2.04. The van der Waals surface area contributed by atoms with Gasteiger partial charge < -0.3 is 10.0 Å². The zero-order valence-corrected chi connectivity index (χ0v) is 9.41. The first-order valence-electron chi connectivity index (χ1n) is 5.64. The SMILES string of the molecule is N#CC(C(=O)N1CC[C@@H](O)C1)c1ccccc1. The van der Waals surface area contributed by atoms with Gasteiger partial charge in [-0.15, -0.1) is 0 Å². The molecule has 1 aromatic rings. The molecule has 17 heavy (non-hydrogen) atoms. The first kappa shape index (κ1) is 11.6. The van der Waals surface area contributed by atoms with Gasteiger partial charge in [-0.05, 0) is 12.0 Å². The minimum Gasteiger partial charge on any atom is -0.391 e. The second-order valence-corrected chi connectivity index (χ2v) is 4.20. The summed E-state index contributed by atoms with van der Waals surface area (Å²) in [6, 6.07) is 11.1. The van der Waals surface area contributed by atoms with Crippen molar-refractivity contribution in [1.82, 2.24) is 4.90 Å². The standard InChI is InChI=1S/C13H14N2O2/c14-8-12(10-4-2-1-3-5-10)13(17)15-7-6-11(16)9-15/h1-5,11-12,16H,6-7,9H2/t11-,12?/m1/s1. The van der Waals surface area contributed by atoms with Crippen LogP contribution < -0.4 is 0 Å². The second kappa shape index (κ2) is 4.98. The van der Waals surface area contributed by atoms with Crippen molar-refractivity contribution in [2.24, 2.45) is 0 Å². The fraction of sp³-hybridized carbons (Fsp3) is 0.385. The molecule has 0 radical (unpaired) electrons. The summed E-state index contributed by atoms with van der Waals surface area (Å²) in [5, 5.41) is 18.5. The summed E-state index contributed by atoms with van der Waals surface area (Å²) >= 11 is 0. The van der Waals surface area contributed by atoms with E-state index in [1.807, 2.05) is 24.3 Å². The van der Waals surface area contributed by atoms with Gasteiger partial charge in [-0.25, -0.2) is 0 Å². The number of carbonyl (C=O) groups excluding carboxylic acids is 1. The molecule has 1 N–H and O–H groups in total. The lowest BCUT2D eigenvalue weighted by molar-refractivity contribution is -0.130. The van der Waals surface area contributed by atoms with Crippen LogP contribution in [0, 0.1) is 11.3 Å². The summed E-state index contributed by atoms with van der Waals surface area (Å²) in [6.45, 7) is 0.870. The van der Waals surface area contributed by atoms with E-state index in [9.17, 15) is 9.90 Å². The van der Waals surface area contributed by atoms with Crippen molar-refractivity contribution in [2.75, 3.05) is 13.1 Å². The Bertz CT molecular complexity index is 438. The molecule has 0 bridgehead atoms. The Morgan fingerprint density at radius 1 is 1.47 bits per heavy atom. The number of likely N-dealkylation sites (tertiary alicyclic amines) is 1. The molecule has 1 saturated heterocycles. The maximum atomic E-state index is 12.1. The summed E-state index contributed by atoms with van der Waals surface area (Å²) in [5.74, 6) is -0.975. The lowest BCUT2D eigenvalue weighted by Gasteiger charge is -2.19. The van der Waals surface area contributed by atoms with Gasteiger partial charge in [0.1, 0.15) is 5.92 Å². The van der Waals surface area contributed by atoms with Crippen LogP contribution in [0.25, 0.3) is 0 Å². The monoisotopic (exact) mass is 230 g/mol. The quantitative estimate of drug-likeness (QED) is 0.820. The number of β-amino-alcohol motifs (C(OH)–C–C–N with tert-alkyl or cyclic N) is 1. The molecule has 2 rings (SSSR count). The van der Waals surface area contributed by atoms with Crippen molar-refractivity contribution in [1.29, 1.82) is 5.26 Å². The highest BCUT2D eigenvalue weighted by atomic mass is 16.3. The van der Waals surface area contributed by atoms with Crippen LogP contribution in [0.15, 0.2) is 30.3 Å². The molecule has 1 aliphatic heterocycles. The van der Waals surface area contributed by atoms with Gasteiger partial charge in [0, 0.05) is 13.1 Å². The van der Waals surface area contributed by atoms with Gasteiger partial charge in [-0.2, -0.15) is 5.26 Å². The number of aliphatic hydroxyl groups is 1. The third-order valence-electron chi connectivity index (χ3n) is 2.98. The summed E-state index contributed by atoms with van der Waals surface area (Å²) in [4.78, 5) is 13.7. The van der Waals surface area contributed by atoms with Crippen molar-refractivity contribution < 1.29 is 9.90 Å². The molecule has 1 amide bonds.